The molecule has 56 heavy (non-hydrogen) atoms. The molecule has 1 saturated carbocycles. The van der Waals surface area contributed by atoms with Crippen LogP contribution in [0.2, 0.25) is 0 Å². The van der Waals surface area contributed by atoms with Crippen molar-refractivity contribution in [1.29, 1.82) is 0 Å². The molecule has 0 bridgehead atoms. The van der Waals surface area contributed by atoms with Gasteiger partial charge in [0.05, 0.1) is 31.3 Å². The van der Waals surface area contributed by atoms with Gasteiger partial charge in [-0.25, -0.2) is 4.57 Å². The summed E-state index contributed by atoms with van der Waals surface area (Å²) in [6.07, 6.45) is 19.9. The summed E-state index contributed by atoms with van der Waals surface area (Å²) in [5.41, 5.74) is 0. The molecular formula is C42H80NO12P. The predicted molar refractivity (Wildman–Crippen MR) is 220 cm³/mol. The van der Waals surface area contributed by atoms with Gasteiger partial charge < -0.3 is 46.0 Å². The topological polar surface area (TPSA) is 226 Å². The van der Waals surface area contributed by atoms with Crippen molar-refractivity contribution in [2.75, 3.05) is 6.61 Å². The third kappa shape index (κ3) is 24.6. The fourth-order valence-corrected chi connectivity index (χ4v) is 7.85. The molecule has 330 valence electrons. The van der Waals surface area contributed by atoms with Crippen molar-refractivity contribution in [1.82, 2.24) is 5.32 Å². The van der Waals surface area contributed by atoms with Crippen LogP contribution in [0.4, 0.5) is 0 Å². The Kier molecular flexibility index (Phi) is 30.7. The highest BCUT2D eigenvalue weighted by atomic mass is 31.2. The van der Waals surface area contributed by atoms with E-state index in [0.717, 1.165) is 64.2 Å². The van der Waals surface area contributed by atoms with Gasteiger partial charge in [0.2, 0.25) is 5.91 Å². The van der Waals surface area contributed by atoms with Crippen molar-refractivity contribution in [3.63, 3.8) is 0 Å². The smallest absolute Gasteiger partial charge is 0.393 e. The molecule has 0 aliphatic heterocycles. The summed E-state index contributed by atoms with van der Waals surface area (Å²) in [5.74, 6) is -0.600. The van der Waals surface area contributed by atoms with Crippen LogP contribution in [-0.2, 0) is 18.4 Å². The Morgan fingerprint density at radius 2 is 1.04 bits per heavy atom. The highest BCUT2D eigenvalue weighted by Gasteiger charge is 2.51. The zero-order valence-electron chi connectivity index (χ0n) is 34.5. The second-order valence-corrected chi connectivity index (χ2v) is 17.1. The number of unbranched alkanes of at least 4 members (excludes halogenated alkanes) is 20. The second kappa shape index (κ2) is 32.6. The van der Waals surface area contributed by atoms with Gasteiger partial charge in [-0.3, -0.25) is 13.8 Å². The average molecular weight is 822 g/mol. The molecule has 0 aromatic carbocycles. The van der Waals surface area contributed by atoms with Gasteiger partial charge in [-0.05, 0) is 44.9 Å². The monoisotopic (exact) mass is 822 g/mol. The minimum Gasteiger partial charge on any atom is -0.393 e. The molecule has 0 aromatic heterocycles. The molecule has 9 N–H and O–H groups in total. The number of hydrogen-bond acceptors (Lipinski definition) is 11. The second-order valence-electron chi connectivity index (χ2n) is 15.7. The Labute approximate surface area is 337 Å². The van der Waals surface area contributed by atoms with Crippen LogP contribution in [0, 0.1) is 0 Å². The maximum atomic E-state index is 12.9. The van der Waals surface area contributed by atoms with Crippen molar-refractivity contribution in [3.05, 3.63) is 24.3 Å². The number of rotatable bonds is 35. The van der Waals surface area contributed by atoms with Crippen LogP contribution in [0.15, 0.2) is 24.3 Å². The first-order chi connectivity index (χ1) is 26.8. The number of allylic oxidation sites excluding steroid dienone is 3. The van der Waals surface area contributed by atoms with Crippen LogP contribution in [0.5, 0.6) is 0 Å². The molecule has 1 aliphatic rings. The summed E-state index contributed by atoms with van der Waals surface area (Å²) in [6.45, 7) is 3.69. The molecule has 1 amide bonds. The van der Waals surface area contributed by atoms with E-state index in [1.165, 1.54) is 83.1 Å². The SMILES string of the molecule is CCCCCC/C=C\CCCCCCCC(O)CC(=O)NC(COP(=O)(O)OC1C(O)C(O)C(O)C(O)C1O)C(O)/C=C/CCCCCCCCCCCCC. The molecule has 0 saturated heterocycles. The Morgan fingerprint density at radius 1 is 0.625 bits per heavy atom. The van der Waals surface area contributed by atoms with Gasteiger partial charge in [0.25, 0.3) is 0 Å². The van der Waals surface area contributed by atoms with E-state index >= 15 is 0 Å². The number of phosphoric acid groups is 1. The number of carbonyl (C=O) groups is 1. The van der Waals surface area contributed by atoms with Gasteiger partial charge in [0.15, 0.2) is 0 Å². The largest absolute Gasteiger partial charge is 0.472 e. The minimum absolute atomic E-state index is 0.249. The normalized spacial score (nSPS) is 24.4. The van der Waals surface area contributed by atoms with Crippen LogP contribution in [-0.4, -0.2) is 108 Å². The van der Waals surface area contributed by atoms with E-state index in [1.807, 2.05) is 0 Å². The molecule has 13 nitrogen and oxygen atoms in total. The lowest BCUT2D eigenvalue weighted by molar-refractivity contribution is -0.220. The van der Waals surface area contributed by atoms with Crippen molar-refractivity contribution in [2.24, 2.45) is 0 Å². The van der Waals surface area contributed by atoms with Crippen molar-refractivity contribution in [2.45, 2.75) is 229 Å². The number of aliphatic hydroxyl groups excluding tert-OH is 7. The molecule has 1 rings (SSSR count). The van der Waals surface area contributed by atoms with E-state index in [-0.39, 0.29) is 6.42 Å². The lowest BCUT2D eigenvalue weighted by Crippen LogP contribution is -2.64. The summed E-state index contributed by atoms with van der Waals surface area (Å²) in [5, 5.41) is 74.3. The third-order valence-corrected chi connectivity index (χ3v) is 11.5. The third-order valence-electron chi connectivity index (χ3n) is 10.5. The van der Waals surface area contributed by atoms with E-state index in [4.69, 9.17) is 9.05 Å². The lowest BCUT2D eigenvalue weighted by Gasteiger charge is -2.41. The van der Waals surface area contributed by atoms with Gasteiger partial charge in [-0.1, -0.05) is 147 Å². The van der Waals surface area contributed by atoms with E-state index in [2.05, 4.69) is 31.3 Å². The summed E-state index contributed by atoms with van der Waals surface area (Å²) in [4.78, 5) is 23.4. The average Bonchev–Trinajstić information content (AvgIpc) is 3.17. The van der Waals surface area contributed by atoms with Crippen molar-refractivity contribution < 1.29 is 59.0 Å². The summed E-state index contributed by atoms with van der Waals surface area (Å²) in [7, 11) is -5.13. The fraction of sp³-hybridized carbons (Fsp3) is 0.881. The Hall–Kier alpha value is -1.22. The fourth-order valence-electron chi connectivity index (χ4n) is 6.88. The van der Waals surface area contributed by atoms with Crippen LogP contribution in [0.25, 0.3) is 0 Å². The van der Waals surface area contributed by atoms with Crippen LogP contribution in [0.3, 0.4) is 0 Å². The number of carbonyl (C=O) groups excluding carboxylic acids is 1. The van der Waals surface area contributed by atoms with Crippen LogP contribution >= 0.6 is 7.82 Å². The van der Waals surface area contributed by atoms with E-state index < -0.39 is 75.2 Å². The zero-order chi connectivity index (χ0) is 41.6. The Bertz CT molecular complexity index is 1060. The summed E-state index contributed by atoms with van der Waals surface area (Å²) < 4.78 is 22.8. The van der Waals surface area contributed by atoms with Crippen LogP contribution in [0.1, 0.15) is 174 Å². The lowest BCUT2D eigenvalue weighted by atomic mass is 9.85. The molecule has 8 unspecified atom stereocenters. The standard InChI is InChI=1S/C42H80NO12P/c1-3-5-7-9-11-13-15-17-19-21-23-25-27-29-33(44)31-36(46)43-34(35(45)30-28-26-24-22-20-18-16-14-12-10-8-6-4-2)32-54-56(52,53)55-42-40(50)38(48)37(47)39(49)41(42)51/h13,15,28,30,33-35,37-42,44-45,47-51H,3-12,14,16-27,29,31-32H2,1-2H3,(H,43,46)(H,52,53)/b15-13-,30-28+. The Balaban J connectivity index is 2.61. The van der Waals surface area contributed by atoms with E-state index in [0.29, 0.717) is 12.8 Å². The van der Waals surface area contributed by atoms with Gasteiger partial charge in [-0.2, -0.15) is 0 Å². The summed E-state index contributed by atoms with van der Waals surface area (Å²) in [6, 6.07) is -1.24. The number of aliphatic hydroxyl groups is 7. The highest BCUT2D eigenvalue weighted by molar-refractivity contribution is 7.47. The Morgan fingerprint density at radius 3 is 1.54 bits per heavy atom. The summed E-state index contributed by atoms with van der Waals surface area (Å²) >= 11 is 0. The molecule has 0 radical (unpaired) electrons. The van der Waals surface area contributed by atoms with Gasteiger partial charge >= 0.3 is 7.82 Å². The molecule has 8 atom stereocenters. The quantitative estimate of drug-likeness (QED) is 0.0192. The maximum absolute atomic E-state index is 12.9. The number of amides is 1. The molecule has 0 heterocycles. The maximum Gasteiger partial charge on any atom is 0.472 e. The van der Waals surface area contributed by atoms with Gasteiger partial charge in [0.1, 0.15) is 36.6 Å². The molecular weight excluding hydrogens is 741 g/mol. The van der Waals surface area contributed by atoms with E-state index in [1.54, 1.807) is 6.08 Å². The van der Waals surface area contributed by atoms with E-state index in [9.17, 15) is 50.0 Å². The molecule has 0 aromatic rings. The van der Waals surface area contributed by atoms with Crippen LogP contribution < -0.4 is 5.32 Å². The first kappa shape index (κ1) is 52.8. The zero-order valence-corrected chi connectivity index (χ0v) is 35.4. The molecule has 14 heteroatoms. The molecule has 0 spiro atoms. The minimum atomic E-state index is -5.13. The molecule has 1 aliphatic carbocycles. The first-order valence-corrected chi connectivity index (χ1v) is 23.4. The first-order valence-electron chi connectivity index (χ1n) is 21.9. The number of phosphoric ester groups is 1. The predicted octanol–water partition coefficient (Wildman–Crippen LogP) is 6.42. The number of hydrogen-bond donors (Lipinski definition) is 9. The van der Waals surface area contributed by atoms with Gasteiger partial charge in [-0.15, -0.1) is 0 Å². The highest BCUT2D eigenvalue weighted by Crippen LogP contribution is 2.47. The van der Waals surface area contributed by atoms with Gasteiger partial charge in [0, 0.05) is 0 Å². The number of nitrogens with one attached hydrogen (secondary N) is 1. The van der Waals surface area contributed by atoms with Crippen molar-refractivity contribution in [3.8, 4) is 0 Å². The molecule has 1 fully saturated rings. The van der Waals surface area contributed by atoms with Crippen molar-refractivity contribution >= 4 is 13.7 Å².